The first-order valence-corrected chi connectivity index (χ1v) is 10.6. The Bertz CT molecular complexity index is 784. The number of carbonyl (C=O) groups is 1. The van der Waals surface area contributed by atoms with Crippen LogP contribution in [0.25, 0.3) is 0 Å². The Hall–Kier alpha value is -2.42. The number of carbonyl (C=O) groups excluding carboxylic acids is 1. The number of nitrogens with one attached hydrogen (secondary N) is 3. The Morgan fingerprint density at radius 1 is 1.52 bits per heavy atom. The number of rotatable bonds is 9. The molecule has 0 radical (unpaired) electrons. The highest BCUT2D eigenvalue weighted by molar-refractivity contribution is 8.06. The van der Waals surface area contributed by atoms with E-state index in [1.54, 1.807) is 11.8 Å². The van der Waals surface area contributed by atoms with Crippen molar-refractivity contribution in [3.8, 4) is 0 Å². The molecule has 2 aliphatic heterocycles. The van der Waals surface area contributed by atoms with Crippen LogP contribution in [0.1, 0.15) is 40.5 Å². The maximum absolute atomic E-state index is 13.2. The maximum atomic E-state index is 13.2. The molecule has 2 rings (SSSR count). The van der Waals surface area contributed by atoms with Crippen molar-refractivity contribution in [1.29, 1.82) is 5.41 Å². The summed E-state index contributed by atoms with van der Waals surface area (Å²) in [6.07, 6.45) is 4.82. The van der Waals surface area contributed by atoms with Crippen molar-refractivity contribution in [2.45, 2.75) is 52.9 Å². The van der Waals surface area contributed by atoms with Crippen LogP contribution in [0.15, 0.2) is 43.8 Å². The lowest BCUT2D eigenvalue weighted by atomic mass is 10.0. The van der Waals surface area contributed by atoms with E-state index in [9.17, 15) is 9.18 Å². The zero-order chi connectivity index (χ0) is 21.4. The van der Waals surface area contributed by atoms with Crippen LogP contribution in [0.2, 0.25) is 0 Å². The van der Waals surface area contributed by atoms with E-state index in [2.05, 4.69) is 20.7 Å². The standard InChI is InChI=1S/C20H29FN6OS/c1-5-8-29-18(6-2)20-23-11-15(16(10-22)26-25-13(4)21)17-9-14(12-27(17)20)24-19(28)7-3/h5-6,8,10,13-14,22,25H,7,9,11-12H2,1-4H3,(H,24,28)/b8-5-,18-6?,22-10?,26-16+. The number of fused-ring (bicyclic) bond motifs is 1. The summed E-state index contributed by atoms with van der Waals surface area (Å²) >= 11 is 1.59. The summed E-state index contributed by atoms with van der Waals surface area (Å²) in [7, 11) is 0. The molecule has 0 aromatic rings. The molecular formula is C20H29FN6OS. The van der Waals surface area contributed by atoms with E-state index in [4.69, 9.17) is 10.4 Å². The van der Waals surface area contributed by atoms with E-state index in [0.717, 1.165) is 28.2 Å². The average molecular weight is 421 g/mol. The third-order valence-electron chi connectivity index (χ3n) is 4.47. The molecule has 3 N–H and O–H groups in total. The van der Waals surface area contributed by atoms with Gasteiger partial charge in [0, 0.05) is 41.8 Å². The molecule has 7 nitrogen and oxygen atoms in total. The molecule has 29 heavy (non-hydrogen) atoms. The van der Waals surface area contributed by atoms with Crippen LogP contribution >= 0.6 is 11.8 Å². The van der Waals surface area contributed by atoms with E-state index < -0.39 is 6.30 Å². The molecule has 0 aromatic carbocycles. The second-order valence-corrected chi connectivity index (χ2v) is 7.57. The summed E-state index contributed by atoms with van der Waals surface area (Å²) in [6.45, 7) is 8.04. The minimum absolute atomic E-state index is 0.00102. The normalized spacial score (nSPS) is 21.2. The number of hydrazone groups is 1. The first-order chi connectivity index (χ1) is 13.9. The smallest absolute Gasteiger partial charge is 0.220 e. The fraction of sp³-hybridized carbons (Fsp3) is 0.500. The van der Waals surface area contributed by atoms with Crippen molar-refractivity contribution in [3.63, 3.8) is 0 Å². The van der Waals surface area contributed by atoms with E-state index in [1.807, 2.05) is 38.3 Å². The molecule has 0 bridgehead atoms. The number of amides is 1. The van der Waals surface area contributed by atoms with Gasteiger partial charge in [-0.3, -0.25) is 15.2 Å². The molecular weight excluding hydrogens is 391 g/mol. The van der Waals surface area contributed by atoms with Crippen LogP contribution < -0.4 is 10.7 Å². The molecule has 2 heterocycles. The highest BCUT2D eigenvalue weighted by Crippen LogP contribution is 2.34. The SMILES string of the molecule is CC=C(S/C=C\C)C1=NCC(/C(C=N)=N/NC(C)F)=C2CC(NC(=O)CC)CN12. The minimum atomic E-state index is -1.32. The molecule has 0 saturated carbocycles. The third kappa shape index (κ3) is 5.79. The van der Waals surface area contributed by atoms with E-state index in [1.165, 1.54) is 6.92 Å². The Kier molecular flexibility index (Phi) is 8.63. The molecule has 2 aliphatic rings. The van der Waals surface area contributed by atoms with Gasteiger partial charge in [0.15, 0.2) is 6.30 Å². The molecule has 9 heteroatoms. The van der Waals surface area contributed by atoms with Gasteiger partial charge in [0.1, 0.15) is 11.5 Å². The third-order valence-corrected chi connectivity index (χ3v) is 5.55. The maximum Gasteiger partial charge on any atom is 0.220 e. The number of hydrogen-bond donors (Lipinski definition) is 3. The first-order valence-electron chi connectivity index (χ1n) is 9.71. The molecule has 2 unspecified atom stereocenters. The molecule has 158 valence electrons. The van der Waals surface area contributed by atoms with Crippen molar-refractivity contribution in [3.05, 3.63) is 33.7 Å². The number of thioether (sulfide) groups is 1. The lowest BCUT2D eigenvalue weighted by Crippen LogP contribution is -2.39. The zero-order valence-corrected chi connectivity index (χ0v) is 18.1. The fourth-order valence-corrected chi connectivity index (χ4v) is 3.87. The molecule has 0 spiro atoms. The van der Waals surface area contributed by atoms with Crippen molar-refractivity contribution in [2.24, 2.45) is 10.1 Å². The molecule has 2 atom stereocenters. The second-order valence-electron chi connectivity index (χ2n) is 6.62. The summed E-state index contributed by atoms with van der Waals surface area (Å²) in [5.41, 5.74) is 4.46. The van der Waals surface area contributed by atoms with Gasteiger partial charge in [-0.25, -0.2) is 4.39 Å². The number of alkyl halides is 1. The summed E-state index contributed by atoms with van der Waals surface area (Å²) in [5.74, 6) is 0.845. The summed E-state index contributed by atoms with van der Waals surface area (Å²) in [4.78, 5) is 19.8. The van der Waals surface area contributed by atoms with Gasteiger partial charge in [0.2, 0.25) is 5.91 Å². The van der Waals surface area contributed by atoms with Gasteiger partial charge in [-0.1, -0.05) is 30.8 Å². The van der Waals surface area contributed by atoms with Gasteiger partial charge >= 0.3 is 0 Å². The Morgan fingerprint density at radius 3 is 2.86 bits per heavy atom. The van der Waals surface area contributed by atoms with Crippen molar-refractivity contribution in [1.82, 2.24) is 15.6 Å². The summed E-state index contributed by atoms with van der Waals surface area (Å²) < 4.78 is 13.2. The molecule has 0 aliphatic carbocycles. The lowest BCUT2D eigenvalue weighted by molar-refractivity contribution is -0.121. The van der Waals surface area contributed by atoms with Crippen molar-refractivity contribution in [2.75, 3.05) is 13.1 Å². The number of aliphatic imine (C=N–C) groups is 1. The Labute approximate surface area is 175 Å². The Morgan fingerprint density at radius 2 is 2.28 bits per heavy atom. The molecule has 1 fully saturated rings. The van der Waals surface area contributed by atoms with E-state index in [-0.39, 0.29) is 11.9 Å². The molecule has 1 amide bonds. The Balaban J connectivity index is 2.41. The monoisotopic (exact) mass is 420 g/mol. The molecule has 0 aromatic heterocycles. The van der Waals surface area contributed by atoms with Crippen LogP contribution in [0.4, 0.5) is 4.39 Å². The number of hydrogen-bond acceptors (Lipinski definition) is 7. The van der Waals surface area contributed by atoms with Crippen LogP contribution in [0.5, 0.6) is 0 Å². The van der Waals surface area contributed by atoms with Crippen LogP contribution in [-0.2, 0) is 4.79 Å². The predicted octanol–water partition coefficient (Wildman–Crippen LogP) is 3.33. The predicted molar refractivity (Wildman–Crippen MR) is 119 cm³/mol. The van der Waals surface area contributed by atoms with Crippen LogP contribution in [0.3, 0.4) is 0 Å². The van der Waals surface area contributed by atoms with Crippen molar-refractivity contribution >= 4 is 35.4 Å². The average Bonchev–Trinajstić information content (AvgIpc) is 3.13. The number of allylic oxidation sites excluding steroid dienone is 2. The quantitative estimate of drug-likeness (QED) is 0.303. The minimum Gasteiger partial charge on any atom is -0.351 e. The highest BCUT2D eigenvalue weighted by Gasteiger charge is 2.36. The first kappa shape index (κ1) is 22.9. The number of nitrogens with zero attached hydrogens (tertiary/aromatic N) is 3. The topological polar surface area (TPSA) is 92.9 Å². The lowest BCUT2D eigenvalue weighted by Gasteiger charge is -2.29. The van der Waals surface area contributed by atoms with Gasteiger partial charge in [-0.15, -0.1) is 0 Å². The molecule has 1 saturated heterocycles. The summed E-state index contributed by atoms with van der Waals surface area (Å²) in [6, 6.07) is -0.0550. The zero-order valence-electron chi connectivity index (χ0n) is 17.3. The van der Waals surface area contributed by atoms with Gasteiger partial charge in [-0.2, -0.15) is 5.10 Å². The number of halogens is 1. The van der Waals surface area contributed by atoms with Gasteiger partial charge < -0.3 is 15.6 Å². The number of amidine groups is 1. The van der Waals surface area contributed by atoms with E-state index >= 15 is 0 Å². The van der Waals surface area contributed by atoms with E-state index in [0.29, 0.717) is 31.6 Å². The van der Waals surface area contributed by atoms with Crippen LogP contribution in [0, 0.1) is 5.41 Å². The van der Waals surface area contributed by atoms with Gasteiger partial charge in [0.25, 0.3) is 0 Å². The second kappa shape index (κ2) is 10.9. The highest BCUT2D eigenvalue weighted by atomic mass is 32.2. The van der Waals surface area contributed by atoms with Crippen LogP contribution in [-0.4, -0.2) is 54.0 Å². The van der Waals surface area contributed by atoms with Gasteiger partial charge in [0.05, 0.1) is 12.6 Å². The fourth-order valence-electron chi connectivity index (χ4n) is 3.17. The van der Waals surface area contributed by atoms with Gasteiger partial charge in [-0.05, 0) is 26.2 Å². The summed E-state index contributed by atoms with van der Waals surface area (Å²) in [5, 5.41) is 16.8. The van der Waals surface area contributed by atoms with Crippen molar-refractivity contribution < 1.29 is 9.18 Å². The largest absolute Gasteiger partial charge is 0.351 e.